The highest BCUT2D eigenvalue weighted by Crippen LogP contribution is 2.16. The number of rotatable bonds is 2. The van der Waals surface area contributed by atoms with Gasteiger partial charge >= 0.3 is 0 Å². The molecule has 2 unspecified atom stereocenters. The molecule has 1 saturated heterocycles. The minimum absolute atomic E-state index is 0.0209. The topological polar surface area (TPSA) is 66.6 Å². The molecule has 4 heteroatoms. The highest BCUT2D eigenvalue weighted by Gasteiger charge is 2.33. The SMILES string of the molecule is CCC(=O)N1CCC(N)C1CO. The Morgan fingerprint density at radius 3 is 2.92 bits per heavy atom. The van der Waals surface area contributed by atoms with Crippen LogP contribution in [0.25, 0.3) is 0 Å². The first-order valence-corrected chi connectivity index (χ1v) is 4.36. The number of carbonyl (C=O) groups is 1. The van der Waals surface area contributed by atoms with Gasteiger partial charge in [-0.2, -0.15) is 0 Å². The third kappa shape index (κ3) is 1.59. The van der Waals surface area contributed by atoms with E-state index < -0.39 is 0 Å². The smallest absolute Gasteiger partial charge is 0.222 e. The second kappa shape index (κ2) is 3.87. The number of amides is 1. The quantitative estimate of drug-likeness (QED) is 0.580. The average molecular weight is 172 g/mol. The zero-order valence-electron chi connectivity index (χ0n) is 7.36. The van der Waals surface area contributed by atoms with Crippen LogP contribution in [0.4, 0.5) is 0 Å². The molecule has 1 fully saturated rings. The van der Waals surface area contributed by atoms with Crippen molar-refractivity contribution in [3.63, 3.8) is 0 Å². The molecule has 0 spiro atoms. The molecule has 1 aliphatic rings. The number of hydrogen-bond acceptors (Lipinski definition) is 3. The van der Waals surface area contributed by atoms with Crippen LogP contribution in [0.5, 0.6) is 0 Å². The van der Waals surface area contributed by atoms with Crippen molar-refractivity contribution in [3.8, 4) is 0 Å². The lowest BCUT2D eigenvalue weighted by Gasteiger charge is -2.24. The van der Waals surface area contributed by atoms with E-state index in [1.54, 1.807) is 4.90 Å². The average Bonchev–Trinajstić information content (AvgIpc) is 2.45. The van der Waals surface area contributed by atoms with E-state index in [0.29, 0.717) is 13.0 Å². The van der Waals surface area contributed by atoms with Crippen LogP contribution in [0.15, 0.2) is 0 Å². The normalized spacial score (nSPS) is 29.4. The van der Waals surface area contributed by atoms with Crippen LogP contribution < -0.4 is 5.73 Å². The molecular weight excluding hydrogens is 156 g/mol. The van der Waals surface area contributed by atoms with Crippen molar-refractivity contribution in [3.05, 3.63) is 0 Å². The van der Waals surface area contributed by atoms with Crippen molar-refractivity contribution in [2.75, 3.05) is 13.2 Å². The van der Waals surface area contributed by atoms with Crippen molar-refractivity contribution in [2.45, 2.75) is 31.8 Å². The minimum Gasteiger partial charge on any atom is -0.394 e. The lowest BCUT2D eigenvalue weighted by Crippen LogP contribution is -2.44. The minimum atomic E-state index is -0.155. The van der Waals surface area contributed by atoms with Crippen LogP contribution in [-0.2, 0) is 4.79 Å². The van der Waals surface area contributed by atoms with Gasteiger partial charge in [-0.1, -0.05) is 6.92 Å². The van der Waals surface area contributed by atoms with Crippen molar-refractivity contribution in [1.29, 1.82) is 0 Å². The summed E-state index contributed by atoms with van der Waals surface area (Å²) in [7, 11) is 0. The summed E-state index contributed by atoms with van der Waals surface area (Å²) in [6.45, 7) is 2.49. The molecule has 1 amide bonds. The predicted octanol–water partition coefficient (Wildman–Crippen LogP) is -0.683. The molecule has 4 nitrogen and oxygen atoms in total. The second-order valence-corrected chi connectivity index (χ2v) is 3.14. The molecule has 0 aliphatic carbocycles. The molecule has 0 bridgehead atoms. The molecule has 0 saturated carbocycles. The number of aliphatic hydroxyl groups is 1. The first-order chi connectivity index (χ1) is 5.70. The van der Waals surface area contributed by atoms with Gasteiger partial charge < -0.3 is 15.7 Å². The van der Waals surface area contributed by atoms with Crippen LogP contribution in [0.2, 0.25) is 0 Å². The molecular formula is C8H16N2O2. The van der Waals surface area contributed by atoms with E-state index in [1.165, 1.54) is 0 Å². The van der Waals surface area contributed by atoms with Crippen LogP contribution in [0, 0.1) is 0 Å². The van der Waals surface area contributed by atoms with Gasteiger partial charge in [0.2, 0.25) is 5.91 Å². The Kier molecular flexibility index (Phi) is 3.05. The number of aliphatic hydroxyl groups excluding tert-OH is 1. The van der Waals surface area contributed by atoms with Gasteiger partial charge in [-0.15, -0.1) is 0 Å². The van der Waals surface area contributed by atoms with Crippen molar-refractivity contribution >= 4 is 5.91 Å². The summed E-state index contributed by atoms with van der Waals surface area (Å²) in [5, 5.41) is 8.98. The zero-order chi connectivity index (χ0) is 9.14. The number of hydrogen-bond donors (Lipinski definition) is 2. The third-order valence-electron chi connectivity index (χ3n) is 2.41. The first-order valence-electron chi connectivity index (χ1n) is 4.36. The summed E-state index contributed by atoms with van der Waals surface area (Å²) < 4.78 is 0. The maximum absolute atomic E-state index is 11.3. The Morgan fingerprint density at radius 1 is 1.75 bits per heavy atom. The standard InChI is InChI=1S/C8H16N2O2/c1-2-8(12)10-4-3-6(9)7(10)5-11/h6-7,11H,2-5,9H2,1H3. The van der Waals surface area contributed by atoms with Crippen LogP contribution in [0.3, 0.4) is 0 Å². The van der Waals surface area contributed by atoms with E-state index in [0.717, 1.165) is 6.42 Å². The van der Waals surface area contributed by atoms with Crippen molar-refractivity contribution in [2.24, 2.45) is 5.73 Å². The largest absolute Gasteiger partial charge is 0.394 e. The van der Waals surface area contributed by atoms with Gasteiger partial charge in [0.25, 0.3) is 0 Å². The van der Waals surface area contributed by atoms with Crippen molar-refractivity contribution < 1.29 is 9.90 Å². The Hall–Kier alpha value is -0.610. The lowest BCUT2D eigenvalue weighted by atomic mass is 10.1. The molecule has 3 N–H and O–H groups in total. The van der Waals surface area contributed by atoms with Gasteiger partial charge in [0, 0.05) is 19.0 Å². The Balaban J connectivity index is 2.60. The lowest BCUT2D eigenvalue weighted by molar-refractivity contribution is -0.132. The molecule has 0 aromatic rings. The molecule has 2 atom stereocenters. The van der Waals surface area contributed by atoms with E-state index in [9.17, 15) is 4.79 Å². The van der Waals surface area contributed by atoms with Gasteiger partial charge in [0.05, 0.1) is 12.6 Å². The summed E-state index contributed by atoms with van der Waals surface area (Å²) in [5.41, 5.74) is 5.72. The molecule has 0 radical (unpaired) electrons. The monoisotopic (exact) mass is 172 g/mol. The fraction of sp³-hybridized carbons (Fsp3) is 0.875. The third-order valence-corrected chi connectivity index (χ3v) is 2.41. The van der Waals surface area contributed by atoms with Crippen LogP contribution >= 0.6 is 0 Å². The van der Waals surface area contributed by atoms with Gasteiger partial charge in [-0.3, -0.25) is 4.79 Å². The highest BCUT2D eigenvalue weighted by molar-refractivity contribution is 5.76. The Labute approximate surface area is 72.3 Å². The van der Waals surface area contributed by atoms with Gasteiger partial charge in [0.15, 0.2) is 0 Å². The van der Waals surface area contributed by atoms with E-state index in [-0.39, 0.29) is 24.6 Å². The Morgan fingerprint density at radius 2 is 2.42 bits per heavy atom. The summed E-state index contributed by atoms with van der Waals surface area (Å²) in [6, 6.07) is -0.206. The van der Waals surface area contributed by atoms with Crippen LogP contribution in [0.1, 0.15) is 19.8 Å². The molecule has 12 heavy (non-hydrogen) atoms. The number of nitrogens with two attached hydrogens (primary N) is 1. The summed E-state index contributed by atoms with van der Waals surface area (Å²) in [6.07, 6.45) is 1.29. The highest BCUT2D eigenvalue weighted by atomic mass is 16.3. The summed E-state index contributed by atoms with van der Waals surface area (Å²) in [5.74, 6) is 0.0852. The second-order valence-electron chi connectivity index (χ2n) is 3.14. The predicted molar refractivity (Wildman–Crippen MR) is 45.5 cm³/mol. The molecule has 1 rings (SSSR count). The molecule has 1 heterocycles. The van der Waals surface area contributed by atoms with Gasteiger partial charge in [-0.25, -0.2) is 0 Å². The summed E-state index contributed by atoms with van der Waals surface area (Å²) in [4.78, 5) is 13.0. The molecule has 1 aliphatic heterocycles. The zero-order valence-corrected chi connectivity index (χ0v) is 7.36. The van der Waals surface area contributed by atoms with E-state index in [1.807, 2.05) is 6.92 Å². The first kappa shape index (κ1) is 9.48. The fourth-order valence-electron chi connectivity index (χ4n) is 1.62. The number of likely N-dealkylation sites (tertiary alicyclic amines) is 1. The number of nitrogens with zero attached hydrogens (tertiary/aromatic N) is 1. The summed E-state index contributed by atoms with van der Waals surface area (Å²) >= 11 is 0. The van der Waals surface area contributed by atoms with Crippen LogP contribution in [-0.4, -0.2) is 41.1 Å². The number of carbonyl (C=O) groups excluding carboxylic acids is 1. The molecule has 0 aromatic carbocycles. The van der Waals surface area contributed by atoms with E-state index in [2.05, 4.69) is 0 Å². The fourth-order valence-corrected chi connectivity index (χ4v) is 1.62. The Bertz CT molecular complexity index is 172. The maximum atomic E-state index is 11.3. The van der Waals surface area contributed by atoms with E-state index >= 15 is 0 Å². The van der Waals surface area contributed by atoms with E-state index in [4.69, 9.17) is 10.8 Å². The van der Waals surface area contributed by atoms with Gasteiger partial charge in [0.1, 0.15) is 0 Å². The van der Waals surface area contributed by atoms with Gasteiger partial charge in [-0.05, 0) is 6.42 Å². The molecule has 0 aromatic heterocycles. The maximum Gasteiger partial charge on any atom is 0.222 e. The molecule has 70 valence electrons. The van der Waals surface area contributed by atoms with Crippen molar-refractivity contribution in [1.82, 2.24) is 4.90 Å².